The van der Waals surface area contributed by atoms with Gasteiger partial charge in [0.1, 0.15) is 17.3 Å². The van der Waals surface area contributed by atoms with Crippen LogP contribution in [0.2, 0.25) is 0 Å². The van der Waals surface area contributed by atoms with Crippen molar-refractivity contribution in [2.75, 3.05) is 0 Å². The molecule has 1 fully saturated rings. The van der Waals surface area contributed by atoms with Gasteiger partial charge in [0.25, 0.3) is 0 Å². The summed E-state index contributed by atoms with van der Waals surface area (Å²) in [7, 11) is 1.76. The van der Waals surface area contributed by atoms with E-state index in [1.807, 2.05) is 0 Å². The maximum atomic E-state index is 12.2. The molecule has 2 amide bonds. The van der Waals surface area contributed by atoms with Crippen LogP contribution in [0.3, 0.4) is 0 Å². The molecule has 0 aromatic carbocycles. The molecule has 1 aliphatic rings. The second-order valence-corrected chi connectivity index (χ2v) is 5.06. The summed E-state index contributed by atoms with van der Waals surface area (Å²) in [5, 5.41) is 10.4. The van der Waals surface area contributed by atoms with Crippen molar-refractivity contribution in [2.45, 2.75) is 38.9 Å². The highest BCUT2D eigenvalue weighted by molar-refractivity contribution is 5.98. The van der Waals surface area contributed by atoms with Crippen molar-refractivity contribution in [3.05, 3.63) is 11.9 Å². The minimum absolute atomic E-state index is 0.106. The van der Waals surface area contributed by atoms with E-state index in [0.717, 1.165) is 0 Å². The van der Waals surface area contributed by atoms with Gasteiger partial charge in [-0.15, -0.1) is 5.10 Å². The molecule has 1 atom stereocenters. The van der Waals surface area contributed by atoms with E-state index in [2.05, 4.69) is 15.6 Å². The molecular weight excluding hydrogens is 234 g/mol. The summed E-state index contributed by atoms with van der Waals surface area (Å²) < 4.78 is 1.57. The number of nitrogens with zero attached hydrogens (tertiary/aromatic N) is 4. The number of hydrogen-bond donors (Lipinski definition) is 1. The highest BCUT2D eigenvalue weighted by Crippen LogP contribution is 2.22. The largest absolute Gasteiger partial charge is 0.343 e. The van der Waals surface area contributed by atoms with Crippen molar-refractivity contribution in [1.29, 1.82) is 0 Å². The number of rotatable bonds is 2. The van der Waals surface area contributed by atoms with Gasteiger partial charge >= 0.3 is 0 Å². The van der Waals surface area contributed by atoms with Gasteiger partial charge in [0.2, 0.25) is 11.8 Å². The summed E-state index contributed by atoms with van der Waals surface area (Å²) in [6.45, 7) is 5.42. The zero-order valence-electron chi connectivity index (χ0n) is 11.0. The first-order valence-corrected chi connectivity index (χ1v) is 5.80. The van der Waals surface area contributed by atoms with Crippen molar-refractivity contribution in [1.82, 2.24) is 25.2 Å². The van der Waals surface area contributed by atoms with Gasteiger partial charge in [-0.25, -0.2) is 0 Å². The Labute approximate surface area is 105 Å². The quantitative estimate of drug-likeness (QED) is 0.764. The Morgan fingerprint density at radius 1 is 1.44 bits per heavy atom. The van der Waals surface area contributed by atoms with Crippen molar-refractivity contribution >= 4 is 11.8 Å². The summed E-state index contributed by atoms with van der Waals surface area (Å²) in [5.41, 5.74) is -0.206. The summed E-state index contributed by atoms with van der Waals surface area (Å²) in [5.74, 6) is -0.260. The summed E-state index contributed by atoms with van der Waals surface area (Å²) in [4.78, 5) is 25.6. The number of carbonyl (C=O) groups is 2. The van der Waals surface area contributed by atoms with E-state index in [-0.39, 0.29) is 18.4 Å². The van der Waals surface area contributed by atoms with Gasteiger partial charge in [-0.2, -0.15) is 0 Å². The number of nitrogens with one attached hydrogen (secondary N) is 1. The minimum Gasteiger partial charge on any atom is -0.343 e. The molecule has 2 heterocycles. The standard InChI is InChI=1S/C11H17N5O2/c1-7-9(17)16(11(2,3)10(18)12-7)6-8-5-15(4)14-13-8/h5,7H,6H2,1-4H3,(H,12,18). The maximum absolute atomic E-state index is 12.2. The van der Waals surface area contributed by atoms with E-state index in [0.29, 0.717) is 5.69 Å². The van der Waals surface area contributed by atoms with Crippen LogP contribution in [0.4, 0.5) is 0 Å². The zero-order chi connectivity index (χ0) is 13.5. The molecule has 7 heteroatoms. The highest BCUT2D eigenvalue weighted by Gasteiger charge is 2.44. The third kappa shape index (κ3) is 1.96. The fourth-order valence-corrected chi connectivity index (χ4v) is 1.97. The van der Waals surface area contributed by atoms with Crippen LogP contribution in [0.25, 0.3) is 0 Å². The SMILES string of the molecule is CC1NC(=O)C(C)(C)N(Cc2cn(C)nn2)C1=O. The molecule has 0 aliphatic carbocycles. The predicted octanol–water partition coefficient (Wildman–Crippen LogP) is -0.559. The fourth-order valence-electron chi connectivity index (χ4n) is 1.97. The van der Waals surface area contributed by atoms with Gasteiger partial charge in [0.05, 0.1) is 6.54 Å². The first-order chi connectivity index (χ1) is 8.32. The molecule has 1 aromatic rings. The van der Waals surface area contributed by atoms with Crippen LogP contribution in [0.15, 0.2) is 6.20 Å². The van der Waals surface area contributed by atoms with E-state index < -0.39 is 11.6 Å². The molecule has 0 saturated carbocycles. The number of aryl methyl sites for hydroxylation is 1. The molecule has 1 saturated heterocycles. The van der Waals surface area contributed by atoms with Gasteiger partial charge in [0.15, 0.2) is 0 Å². The molecule has 1 unspecified atom stereocenters. The first-order valence-electron chi connectivity index (χ1n) is 5.80. The van der Waals surface area contributed by atoms with Crippen LogP contribution < -0.4 is 5.32 Å². The summed E-state index contributed by atoms with van der Waals surface area (Å²) in [6, 6.07) is -0.498. The number of piperazine rings is 1. The molecule has 0 bridgehead atoms. The monoisotopic (exact) mass is 251 g/mol. The van der Waals surface area contributed by atoms with Gasteiger partial charge in [0, 0.05) is 13.2 Å². The molecule has 1 aromatic heterocycles. The average molecular weight is 251 g/mol. The number of carbonyl (C=O) groups excluding carboxylic acids is 2. The van der Waals surface area contributed by atoms with Crippen molar-refractivity contribution < 1.29 is 9.59 Å². The van der Waals surface area contributed by atoms with E-state index in [4.69, 9.17) is 0 Å². The lowest BCUT2D eigenvalue weighted by Gasteiger charge is -2.43. The van der Waals surface area contributed by atoms with E-state index in [1.165, 1.54) is 0 Å². The van der Waals surface area contributed by atoms with Crippen molar-refractivity contribution in [2.24, 2.45) is 7.05 Å². The molecule has 1 aliphatic heterocycles. The highest BCUT2D eigenvalue weighted by atomic mass is 16.2. The van der Waals surface area contributed by atoms with Crippen LogP contribution in [0, 0.1) is 0 Å². The van der Waals surface area contributed by atoms with Gasteiger partial charge < -0.3 is 10.2 Å². The Hall–Kier alpha value is -1.92. The minimum atomic E-state index is -0.874. The number of hydrogen-bond acceptors (Lipinski definition) is 4. The van der Waals surface area contributed by atoms with Crippen molar-refractivity contribution in [3.8, 4) is 0 Å². The molecule has 0 radical (unpaired) electrons. The van der Waals surface area contributed by atoms with E-state index >= 15 is 0 Å². The molecule has 7 nitrogen and oxygen atoms in total. The Balaban J connectivity index is 2.27. The topological polar surface area (TPSA) is 80.1 Å². The third-order valence-electron chi connectivity index (χ3n) is 3.18. The zero-order valence-corrected chi connectivity index (χ0v) is 11.0. The normalized spacial score (nSPS) is 23.1. The molecule has 0 spiro atoms. The van der Waals surface area contributed by atoms with Gasteiger partial charge in [-0.05, 0) is 20.8 Å². The average Bonchev–Trinajstić information content (AvgIpc) is 2.68. The van der Waals surface area contributed by atoms with E-state index in [9.17, 15) is 9.59 Å². The lowest BCUT2D eigenvalue weighted by atomic mass is 9.96. The summed E-state index contributed by atoms with van der Waals surface area (Å²) >= 11 is 0. The lowest BCUT2D eigenvalue weighted by Crippen LogP contribution is -2.67. The molecule has 98 valence electrons. The van der Waals surface area contributed by atoms with Crippen LogP contribution in [0.1, 0.15) is 26.5 Å². The smallest absolute Gasteiger partial charge is 0.246 e. The Morgan fingerprint density at radius 2 is 2.11 bits per heavy atom. The number of aromatic nitrogens is 3. The van der Waals surface area contributed by atoms with Crippen LogP contribution in [-0.4, -0.2) is 43.3 Å². The first kappa shape index (κ1) is 12.5. The summed E-state index contributed by atoms with van der Waals surface area (Å²) in [6.07, 6.45) is 1.74. The molecule has 1 N–H and O–H groups in total. The molecular formula is C11H17N5O2. The lowest BCUT2D eigenvalue weighted by molar-refractivity contribution is -0.155. The third-order valence-corrected chi connectivity index (χ3v) is 3.18. The second-order valence-electron chi connectivity index (χ2n) is 5.06. The Bertz CT molecular complexity index is 493. The van der Waals surface area contributed by atoms with E-state index in [1.54, 1.807) is 43.6 Å². The van der Waals surface area contributed by atoms with Gasteiger partial charge in [-0.1, -0.05) is 5.21 Å². The van der Waals surface area contributed by atoms with Crippen LogP contribution in [0.5, 0.6) is 0 Å². The van der Waals surface area contributed by atoms with Crippen LogP contribution in [-0.2, 0) is 23.2 Å². The van der Waals surface area contributed by atoms with Gasteiger partial charge in [-0.3, -0.25) is 14.3 Å². The Kier molecular flexibility index (Phi) is 2.84. The van der Waals surface area contributed by atoms with Crippen molar-refractivity contribution in [3.63, 3.8) is 0 Å². The maximum Gasteiger partial charge on any atom is 0.246 e. The fraction of sp³-hybridized carbons (Fsp3) is 0.636. The predicted molar refractivity (Wildman–Crippen MR) is 63.2 cm³/mol. The second kappa shape index (κ2) is 4.08. The number of amides is 2. The molecule has 18 heavy (non-hydrogen) atoms. The Morgan fingerprint density at radius 3 is 2.67 bits per heavy atom. The van der Waals surface area contributed by atoms with Crippen LogP contribution >= 0.6 is 0 Å². The molecule has 2 rings (SSSR count).